The fourth-order valence-electron chi connectivity index (χ4n) is 2.38. The standard InChI is InChI=1S/C17H20BrNO2/c1-3-4-9-16(17(20)21-2)19-15-11-10-14(18)12-7-5-6-8-13(12)15/h5-8,10-11,16,19H,3-4,9H2,1-2H3. The Hall–Kier alpha value is -1.55. The molecule has 0 saturated heterocycles. The number of carbonyl (C=O) groups excluding carboxylic acids is 1. The molecule has 0 radical (unpaired) electrons. The molecule has 21 heavy (non-hydrogen) atoms. The largest absolute Gasteiger partial charge is 0.467 e. The van der Waals surface area contributed by atoms with Crippen LogP contribution < -0.4 is 5.32 Å². The molecule has 0 aliphatic heterocycles. The van der Waals surface area contributed by atoms with Crippen LogP contribution >= 0.6 is 15.9 Å². The quantitative estimate of drug-likeness (QED) is 0.765. The topological polar surface area (TPSA) is 38.3 Å². The number of hydrogen-bond donors (Lipinski definition) is 1. The van der Waals surface area contributed by atoms with Crippen molar-refractivity contribution in [1.29, 1.82) is 0 Å². The molecule has 2 aromatic carbocycles. The van der Waals surface area contributed by atoms with E-state index >= 15 is 0 Å². The van der Waals surface area contributed by atoms with E-state index in [0.717, 1.165) is 40.2 Å². The zero-order valence-corrected chi connectivity index (χ0v) is 13.9. The van der Waals surface area contributed by atoms with Gasteiger partial charge in [-0.1, -0.05) is 60.0 Å². The highest BCUT2D eigenvalue weighted by molar-refractivity contribution is 9.10. The van der Waals surface area contributed by atoms with Crippen LogP contribution in [0.15, 0.2) is 40.9 Å². The SMILES string of the molecule is CCCCC(Nc1ccc(Br)c2ccccc12)C(=O)OC. The van der Waals surface area contributed by atoms with Crippen molar-refractivity contribution in [2.24, 2.45) is 0 Å². The summed E-state index contributed by atoms with van der Waals surface area (Å²) in [5.74, 6) is -0.213. The lowest BCUT2D eigenvalue weighted by Crippen LogP contribution is -2.30. The Morgan fingerprint density at radius 2 is 1.95 bits per heavy atom. The maximum Gasteiger partial charge on any atom is 0.328 e. The van der Waals surface area contributed by atoms with Crippen molar-refractivity contribution in [2.45, 2.75) is 32.2 Å². The normalized spacial score (nSPS) is 12.1. The molecule has 2 aromatic rings. The van der Waals surface area contributed by atoms with Crippen LogP contribution in [0.25, 0.3) is 10.8 Å². The summed E-state index contributed by atoms with van der Waals surface area (Å²) in [5.41, 5.74) is 0.959. The van der Waals surface area contributed by atoms with Gasteiger partial charge in [-0.05, 0) is 23.9 Å². The third kappa shape index (κ3) is 3.76. The number of anilines is 1. The van der Waals surface area contributed by atoms with Crippen molar-refractivity contribution in [3.05, 3.63) is 40.9 Å². The number of nitrogens with one attached hydrogen (secondary N) is 1. The van der Waals surface area contributed by atoms with Gasteiger partial charge < -0.3 is 10.1 Å². The van der Waals surface area contributed by atoms with Crippen LogP contribution in [-0.2, 0) is 9.53 Å². The summed E-state index contributed by atoms with van der Waals surface area (Å²) in [6.45, 7) is 2.11. The lowest BCUT2D eigenvalue weighted by molar-refractivity contribution is -0.141. The van der Waals surface area contributed by atoms with Gasteiger partial charge >= 0.3 is 5.97 Å². The minimum Gasteiger partial charge on any atom is -0.467 e. The zero-order valence-electron chi connectivity index (χ0n) is 12.4. The van der Waals surface area contributed by atoms with E-state index in [1.807, 2.05) is 24.3 Å². The van der Waals surface area contributed by atoms with E-state index in [1.165, 1.54) is 7.11 Å². The van der Waals surface area contributed by atoms with Gasteiger partial charge in [-0.25, -0.2) is 4.79 Å². The molecule has 2 rings (SSSR count). The Bertz CT molecular complexity index is 627. The average Bonchev–Trinajstić information content (AvgIpc) is 2.53. The van der Waals surface area contributed by atoms with Crippen LogP contribution in [-0.4, -0.2) is 19.1 Å². The molecule has 0 bridgehead atoms. The van der Waals surface area contributed by atoms with Gasteiger partial charge in [0.1, 0.15) is 6.04 Å². The Morgan fingerprint density at radius 3 is 2.62 bits per heavy atom. The number of unbranched alkanes of at least 4 members (excludes halogenated alkanes) is 1. The molecular formula is C17H20BrNO2. The first-order chi connectivity index (χ1) is 10.2. The third-order valence-electron chi connectivity index (χ3n) is 3.53. The maximum atomic E-state index is 11.9. The highest BCUT2D eigenvalue weighted by atomic mass is 79.9. The lowest BCUT2D eigenvalue weighted by atomic mass is 10.1. The van der Waals surface area contributed by atoms with E-state index in [9.17, 15) is 4.79 Å². The molecule has 1 unspecified atom stereocenters. The average molecular weight is 350 g/mol. The number of halogens is 1. The van der Waals surface area contributed by atoms with E-state index in [0.29, 0.717) is 0 Å². The molecule has 1 atom stereocenters. The predicted molar refractivity (Wildman–Crippen MR) is 90.6 cm³/mol. The maximum absolute atomic E-state index is 11.9. The van der Waals surface area contributed by atoms with E-state index in [-0.39, 0.29) is 12.0 Å². The minimum atomic E-state index is -0.306. The second-order valence-corrected chi connectivity index (χ2v) is 5.86. The Labute approximate surface area is 133 Å². The molecule has 3 nitrogen and oxygen atoms in total. The molecule has 0 fully saturated rings. The molecular weight excluding hydrogens is 330 g/mol. The fraction of sp³-hybridized carbons (Fsp3) is 0.353. The van der Waals surface area contributed by atoms with Crippen molar-refractivity contribution >= 4 is 38.4 Å². The number of rotatable bonds is 6. The van der Waals surface area contributed by atoms with Gasteiger partial charge in [-0.15, -0.1) is 0 Å². The number of ether oxygens (including phenoxy) is 1. The van der Waals surface area contributed by atoms with Gasteiger partial charge in [0, 0.05) is 15.5 Å². The predicted octanol–water partition coefficient (Wildman–Crippen LogP) is 4.75. The number of esters is 1. The number of carbonyl (C=O) groups is 1. The number of hydrogen-bond acceptors (Lipinski definition) is 3. The summed E-state index contributed by atoms with van der Waals surface area (Å²) in [7, 11) is 1.43. The molecule has 0 amide bonds. The molecule has 0 aromatic heterocycles. The lowest BCUT2D eigenvalue weighted by Gasteiger charge is -2.19. The van der Waals surface area contributed by atoms with E-state index in [1.54, 1.807) is 0 Å². The number of fused-ring (bicyclic) bond motifs is 1. The van der Waals surface area contributed by atoms with Crippen molar-refractivity contribution in [3.8, 4) is 0 Å². The third-order valence-corrected chi connectivity index (χ3v) is 4.22. The van der Waals surface area contributed by atoms with E-state index in [4.69, 9.17) is 4.74 Å². The van der Waals surface area contributed by atoms with Crippen molar-refractivity contribution in [3.63, 3.8) is 0 Å². The molecule has 1 N–H and O–H groups in total. The first-order valence-electron chi connectivity index (χ1n) is 7.19. The summed E-state index contributed by atoms with van der Waals surface area (Å²) >= 11 is 3.56. The van der Waals surface area contributed by atoms with Crippen LogP contribution in [0, 0.1) is 0 Å². The molecule has 0 heterocycles. The van der Waals surface area contributed by atoms with Gasteiger partial charge in [0.05, 0.1) is 7.11 Å². The van der Waals surface area contributed by atoms with Crippen LogP contribution in [0.1, 0.15) is 26.2 Å². The Morgan fingerprint density at radius 1 is 1.24 bits per heavy atom. The van der Waals surface area contributed by atoms with Crippen molar-refractivity contribution < 1.29 is 9.53 Å². The first-order valence-corrected chi connectivity index (χ1v) is 7.98. The smallest absolute Gasteiger partial charge is 0.328 e. The monoisotopic (exact) mass is 349 g/mol. The summed E-state index contributed by atoms with van der Waals surface area (Å²) in [6, 6.07) is 11.8. The second kappa shape index (κ2) is 7.46. The summed E-state index contributed by atoms with van der Waals surface area (Å²) in [6.07, 6.45) is 2.81. The van der Waals surface area contributed by atoms with E-state index < -0.39 is 0 Å². The second-order valence-electron chi connectivity index (χ2n) is 5.00. The summed E-state index contributed by atoms with van der Waals surface area (Å²) in [5, 5.41) is 5.56. The summed E-state index contributed by atoms with van der Waals surface area (Å²) < 4.78 is 5.95. The molecule has 112 valence electrons. The number of benzene rings is 2. The van der Waals surface area contributed by atoms with Crippen LogP contribution in [0.3, 0.4) is 0 Å². The van der Waals surface area contributed by atoms with Crippen LogP contribution in [0.2, 0.25) is 0 Å². The summed E-state index contributed by atoms with van der Waals surface area (Å²) in [4.78, 5) is 11.9. The Balaban J connectivity index is 2.32. The zero-order chi connectivity index (χ0) is 15.2. The van der Waals surface area contributed by atoms with Crippen molar-refractivity contribution in [2.75, 3.05) is 12.4 Å². The van der Waals surface area contributed by atoms with E-state index in [2.05, 4.69) is 40.3 Å². The van der Waals surface area contributed by atoms with Crippen LogP contribution in [0.4, 0.5) is 5.69 Å². The van der Waals surface area contributed by atoms with Crippen LogP contribution in [0.5, 0.6) is 0 Å². The molecule has 0 spiro atoms. The molecule has 0 aliphatic rings. The minimum absolute atomic E-state index is 0.213. The van der Waals surface area contributed by atoms with Gasteiger partial charge in [-0.3, -0.25) is 0 Å². The molecule has 0 aliphatic carbocycles. The Kier molecular flexibility index (Phi) is 5.62. The molecule has 4 heteroatoms. The first kappa shape index (κ1) is 15.8. The highest BCUT2D eigenvalue weighted by Gasteiger charge is 2.19. The van der Waals surface area contributed by atoms with Crippen molar-refractivity contribution in [1.82, 2.24) is 0 Å². The number of methoxy groups -OCH3 is 1. The van der Waals surface area contributed by atoms with Gasteiger partial charge in [-0.2, -0.15) is 0 Å². The fourth-order valence-corrected chi connectivity index (χ4v) is 2.85. The van der Waals surface area contributed by atoms with Gasteiger partial charge in [0.15, 0.2) is 0 Å². The highest BCUT2D eigenvalue weighted by Crippen LogP contribution is 2.30. The van der Waals surface area contributed by atoms with Gasteiger partial charge in [0.25, 0.3) is 0 Å². The van der Waals surface area contributed by atoms with Gasteiger partial charge in [0.2, 0.25) is 0 Å². The molecule has 0 saturated carbocycles.